The number of anilines is 1. The third kappa shape index (κ3) is 4.88. The summed E-state index contributed by atoms with van der Waals surface area (Å²) >= 11 is 1.49. The molecule has 0 atom stereocenters. The Balaban J connectivity index is 1.89. The lowest BCUT2D eigenvalue weighted by Crippen LogP contribution is -2.37. The first kappa shape index (κ1) is 16.6. The summed E-state index contributed by atoms with van der Waals surface area (Å²) in [5.41, 5.74) is 6.55. The largest absolute Gasteiger partial charge is 0.398 e. The Labute approximate surface area is 130 Å². The SMILES string of the molecule is COCCN(C1CC1)S(=O)(=O)CCSc1ccccc1N. The molecule has 1 aliphatic rings. The summed E-state index contributed by atoms with van der Waals surface area (Å²) in [5.74, 6) is 0.638. The zero-order chi connectivity index (χ0) is 15.3. The molecule has 2 N–H and O–H groups in total. The average molecular weight is 330 g/mol. The van der Waals surface area contributed by atoms with Gasteiger partial charge in [0.1, 0.15) is 0 Å². The Kier molecular flexibility index (Phi) is 5.92. The monoisotopic (exact) mass is 330 g/mol. The van der Waals surface area contributed by atoms with Crippen molar-refractivity contribution in [2.45, 2.75) is 23.8 Å². The Bertz CT molecular complexity index is 559. The number of benzene rings is 1. The number of nitrogens with zero attached hydrogens (tertiary/aromatic N) is 1. The number of hydrogen-bond donors (Lipinski definition) is 1. The first-order chi connectivity index (χ1) is 10.0. The van der Waals surface area contributed by atoms with Crippen molar-refractivity contribution in [2.24, 2.45) is 0 Å². The van der Waals surface area contributed by atoms with Gasteiger partial charge in [0.05, 0.1) is 12.4 Å². The van der Waals surface area contributed by atoms with Crippen LogP contribution in [-0.2, 0) is 14.8 Å². The lowest BCUT2D eigenvalue weighted by molar-refractivity contribution is 0.177. The molecule has 1 aliphatic carbocycles. The molecule has 0 saturated heterocycles. The van der Waals surface area contributed by atoms with Crippen molar-refractivity contribution in [1.82, 2.24) is 4.31 Å². The van der Waals surface area contributed by atoms with Gasteiger partial charge in [0.25, 0.3) is 0 Å². The minimum Gasteiger partial charge on any atom is -0.398 e. The lowest BCUT2D eigenvalue weighted by atomic mass is 10.3. The molecule has 0 amide bonds. The predicted octanol–water partition coefficient (Wildman–Crippen LogP) is 1.80. The van der Waals surface area contributed by atoms with E-state index >= 15 is 0 Å². The van der Waals surface area contributed by atoms with E-state index in [-0.39, 0.29) is 11.8 Å². The van der Waals surface area contributed by atoms with Crippen LogP contribution in [-0.4, -0.2) is 50.5 Å². The molecule has 0 bridgehead atoms. The van der Waals surface area contributed by atoms with Crippen LogP contribution in [0.4, 0.5) is 5.69 Å². The highest BCUT2D eigenvalue weighted by Gasteiger charge is 2.36. The second-order valence-electron chi connectivity index (χ2n) is 5.04. The zero-order valence-corrected chi connectivity index (χ0v) is 13.8. The molecular formula is C14H22N2O3S2. The maximum atomic E-state index is 12.4. The first-order valence-corrected chi connectivity index (χ1v) is 9.60. The van der Waals surface area contributed by atoms with Crippen LogP contribution in [0.5, 0.6) is 0 Å². The highest BCUT2D eigenvalue weighted by atomic mass is 32.2. The number of hydrogen-bond acceptors (Lipinski definition) is 5. The summed E-state index contributed by atoms with van der Waals surface area (Å²) in [7, 11) is -1.63. The summed E-state index contributed by atoms with van der Waals surface area (Å²) in [4.78, 5) is 0.933. The van der Waals surface area contributed by atoms with Gasteiger partial charge in [-0.05, 0) is 25.0 Å². The molecule has 0 radical (unpaired) electrons. The standard InChI is InChI=1S/C14H22N2O3S2/c1-19-9-8-16(12-6-7-12)21(17,18)11-10-20-14-5-3-2-4-13(14)15/h2-5,12H,6-11,15H2,1H3. The summed E-state index contributed by atoms with van der Waals surface area (Å²) in [6, 6.07) is 7.69. The number of nitrogens with two attached hydrogens (primary N) is 1. The normalized spacial score (nSPS) is 15.5. The molecule has 0 aromatic heterocycles. The quantitative estimate of drug-likeness (QED) is 0.552. The number of rotatable bonds is 9. The van der Waals surface area contributed by atoms with Crippen molar-refractivity contribution < 1.29 is 13.2 Å². The van der Waals surface area contributed by atoms with Crippen LogP contribution in [0.3, 0.4) is 0 Å². The van der Waals surface area contributed by atoms with Crippen LogP contribution in [0, 0.1) is 0 Å². The summed E-state index contributed by atoms with van der Waals surface area (Å²) in [6.45, 7) is 0.885. The molecule has 5 nitrogen and oxygen atoms in total. The molecule has 1 fully saturated rings. The minimum atomic E-state index is -3.22. The maximum Gasteiger partial charge on any atom is 0.215 e. The van der Waals surface area contributed by atoms with E-state index in [1.54, 1.807) is 11.4 Å². The number of sulfonamides is 1. The van der Waals surface area contributed by atoms with Gasteiger partial charge >= 0.3 is 0 Å². The van der Waals surface area contributed by atoms with Gasteiger partial charge in [0.15, 0.2) is 0 Å². The fraction of sp³-hybridized carbons (Fsp3) is 0.571. The molecule has 21 heavy (non-hydrogen) atoms. The topological polar surface area (TPSA) is 72.6 Å². The molecular weight excluding hydrogens is 308 g/mol. The molecule has 7 heteroatoms. The summed E-state index contributed by atoms with van der Waals surface area (Å²) in [6.07, 6.45) is 1.92. The van der Waals surface area contributed by atoms with Crippen LogP contribution in [0.2, 0.25) is 0 Å². The average Bonchev–Trinajstić information content (AvgIpc) is 3.26. The second-order valence-corrected chi connectivity index (χ2v) is 8.21. The fourth-order valence-corrected chi connectivity index (χ4v) is 5.14. The summed E-state index contributed by atoms with van der Waals surface area (Å²) in [5, 5.41) is 0. The van der Waals surface area contributed by atoms with Crippen LogP contribution >= 0.6 is 11.8 Å². The Morgan fingerprint density at radius 1 is 1.38 bits per heavy atom. The maximum absolute atomic E-state index is 12.4. The van der Waals surface area contributed by atoms with Gasteiger partial charge in [-0.1, -0.05) is 12.1 Å². The molecule has 0 heterocycles. The van der Waals surface area contributed by atoms with Crippen LogP contribution in [0.25, 0.3) is 0 Å². The van der Waals surface area contributed by atoms with Gasteiger partial charge in [0.2, 0.25) is 10.0 Å². The first-order valence-electron chi connectivity index (χ1n) is 7.00. The number of thioether (sulfide) groups is 1. The lowest BCUT2D eigenvalue weighted by Gasteiger charge is -2.21. The van der Waals surface area contributed by atoms with E-state index in [0.717, 1.165) is 17.7 Å². The van der Waals surface area contributed by atoms with Crippen LogP contribution in [0.1, 0.15) is 12.8 Å². The van der Waals surface area contributed by atoms with E-state index in [0.29, 0.717) is 24.6 Å². The Morgan fingerprint density at radius 3 is 2.71 bits per heavy atom. The van der Waals surface area contributed by atoms with E-state index < -0.39 is 10.0 Å². The molecule has 0 aliphatic heterocycles. The number of para-hydroxylation sites is 1. The van der Waals surface area contributed by atoms with E-state index in [9.17, 15) is 8.42 Å². The van der Waals surface area contributed by atoms with Crippen molar-refractivity contribution in [3.8, 4) is 0 Å². The smallest absolute Gasteiger partial charge is 0.215 e. The van der Waals surface area contributed by atoms with Gasteiger partial charge in [-0.25, -0.2) is 8.42 Å². The van der Waals surface area contributed by atoms with Gasteiger partial charge < -0.3 is 10.5 Å². The van der Waals surface area contributed by atoms with Crippen LogP contribution < -0.4 is 5.73 Å². The van der Waals surface area contributed by atoms with Gasteiger partial charge in [-0.15, -0.1) is 11.8 Å². The van der Waals surface area contributed by atoms with Crippen molar-refractivity contribution >= 4 is 27.5 Å². The number of methoxy groups -OCH3 is 1. The molecule has 0 spiro atoms. The molecule has 2 rings (SSSR count). The van der Waals surface area contributed by atoms with E-state index in [4.69, 9.17) is 10.5 Å². The zero-order valence-electron chi connectivity index (χ0n) is 12.2. The van der Waals surface area contributed by atoms with Gasteiger partial charge in [0, 0.05) is 36.0 Å². The van der Waals surface area contributed by atoms with Gasteiger partial charge in [-0.2, -0.15) is 4.31 Å². The molecule has 118 valence electrons. The highest BCUT2D eigenvalue weighted by molar-refractivity contribution is 8.00. The Morgan fingerprint density at radius 2 is 2.10 bits per heavy atom. The second kappa shape index (κ2) is 7.49. The fourth-order valence-electron chi connectivity index (χ4n) is 2.08. The third-order valence-electron chi connectivity index (χ3n) is 3.35. The molecule has 0 unspecified atom stereocenters. The van der Waals surface area contributed by atoms with Crippen LogP contribution in [0.15, 0.2) is 29.2 Å². The predicted molar refractivity (Wildman–Crippen MR) is 87.0 cm³/mol. The minimum absolute atomic E-state index is 0.131. The molecule has 1 aromatic carbocycles. The third-order valence-corrected chi connectivity index (χ3v) is 6.61. The van der Waals surface area contributed by atoms with E-state index in [1.807, 2.05) is 24.3 Å². The molecule has 1 aromatic rings. The van der Waals surface area contributed by atoms with Crippen molar-refractivity contribution in [1.29, 1.82) is 0 Å². The van der Waals surface area contributed by atoms with E-state index in [2.05, 4.69) is 0 Å². The highest BCUT2D eigenvalue weighted by Crippen LogP contribution is 2.30. The summed E-state index contributed by atoms with van der Waals surface area (Å²) < 4.78 is 31.4. The van der Waals surface area contributed by atoms with Crippen molar-refractivity contribution in [3.63, 3.8) is 0 Å². The van der Waals surface area contributed by atoms with Gasteiger partial charge in [-0.3, -0.25) is 0 Å². The Hall–Kier alpha value is -0.760. The number of ether oxygens (including phenoxy) is 1. The van der Waals surface area contributed by atoms with Crippen molar-refractivity contribution in [3.05, 3.63) is 24.3 Å². The molecule has 1 saturated carbocycles. The van der Waals surface area contributed by atoms with Crippen molar-refractivity contribution in [2.75, 3.05) is 37.5 Å². The van der Waals surface area contributed by atoms with E-state index in [1.165, 1.54) is 11.8 Å². The number of nitrogen functional groups attached to an aromatic ring is 1.